The summed E-state index contributed by atoms with van der Waals surface area (Å²) in [6.45, 7) is 7.35. The number of anilines is 1. The number of nitrogens with zero attached hydrogens (tertiary/aromatic N) is 6. The van der Waals surface area contributed by atoms with Crippen LogP contribution in [-0.4, -0.2) is 104 Å². The van der Waals surface area contributed by atoms with Crippen molar-refractivity contribution in [3.63, 3.8) is 0 Å². The fraction of sp³-hybridized carbons (Fsp3) is 0.395. The number of hydrogen-bond acceptors (Lipinski definition) is 13. The van der Waals surface area contributed by atoms with Crippen molar-refractivity contribution in [1.29, 1.82) is 0 Å². The van der Waals surface area contributed by atoms with Crippen LogP contribution in [0.25, 0.3) is 5.70 Å². The van der Waals surface area contributed by atoms with Gasteiger partial charge >= 0.3 is 0 Å². The summed E-state index contributed by atoms with van der Waals surface area (Å²) >= 11 is 0. The molecule has 16 heteroatoms. The van der Waals surface area contributed by atoms with E-state index in [1.54, 1.807) is 29.4 Å². The zero-order chi connectivity index (χ0) is 37.7. The van der Waals surface area contributed by atoms with Gasteiger partial charge in [0, 0.05) is 81.2 Å². The molecule has 282 valence electrons. The lowest BCUT2D eigenvalue weighted by atomic mass is 9.95. The number of allylic oxidation sites excluding steroid dienone is 1. The van der Waals surface area contributed by atoms with Gasteiger partial charge in [0.05, 0.1) is 35.9 Å². The molecule has 0 spiro atoms. The maximum absolute atomic E-state index is 14.0. The van der Waals surface area contributed by atoms with Crippen molar-refractivity contribution in [1.82, 2.24) is 35.3 Å². The highest BCUT2D eigenvalue weighted by molar-refractivity contribution is 6.05. The SMILES string of the molecule is CC12CNC(N)=C(/C=C(\N)c3cccc(F)c3O)N1CC(Oc1cnc(CN3CCN(c4ccc5c(c4)C(=O)N(C4CCC(=O)NC4=O)C5)CC3)cn1)C2. The van der Waals surface area contributed by atoms with E-state index in [9.17, 15) is 23.9 Å². The van der Waals surface area contributed by atoms with Gasteiger partial charge in [-0.15, -0.1) is 0 Å². The number of piperidine rings is 1. The first kappa shape index (κ1) is 35.1. The summed E-state index contributed by atoms with van der Waals surface area (Å²) in [5.74, 6) is -1.30. The highest BCUT2D eigenvalue weighted by Gasteiger charge is 2.47. The molecule has 8 rings (SSSR count). The Hall–Kier alpha value is -5.90. The molecule has 0 saturated carbocycles. The van der Waals surface area contributed by atoms with Crippen LogP contribution in [0.15, 0.2) is 66.4 Å². The molecule has 0 bridgehead atoms. The number of aromatic nitrogens is 2. The summed E-state index contributed by atoms with van der Waals surface area (Å²) in [7, 11) is 0. The Morgan fingerprint density at radius 2 is 1.94 bits per heavy atom. The van der Waals surface area contributed by atoms with Crippen molar-refractivity contribution in [3.05, 3.63) is 94.6 Å². The van der Waals surface area contributed by atoms with Gasteiger partial charge in [0.1, 0.15) is 18.0 Å². The van der Waals surface area contributed by atoms with Crippen LogP contribution >= 0.6 is 0 Å². The van der Waals surface area contributed by atoms with Crippen molar-refractivity contribution in [2.75, 3.05) is 44.2 Å². The minimum Gasteiger partial charge on any atom is -0.504 e. The Kier molecular flexibility index (Phi) is 9.00. The average Bonchev–Trinajstić information content (AvgIpc) is 3.67. The second-order valence-corrected chi connectivity index (χ2v) is 14.8. The second-order valence-electron chi connectivity index (χ2n) is 14.8. The van der Waals surface area contributed by atoms with Gasteiger partial charge in [0.2, 0.25) is 17.7 Å². The first-order valence-electron chi connectivity index (χ1n) is 18.1. The first-order chi connectivity index (χ1) is 26.0. The third kappa shape index (κ3) is 6.61. The number of carbonyl (C=O) groups is 3. The number of imide groups is 1. The third-order valence-corrected chi connectivity index (χ3v) is 11.1. The molecule has 7 N–H and O–H groups in total. The quantitative estimate of drug-likeness (QED) is 0.208. The molecule has 3 amide bonds. The molecule has 3 unspecified atom stereocenters. The molecule has 3 aromatic rings. The highest BCUT2D eigenvalue weighted by Crippen LogP contribution is 2.38. The number of nitrogens with two attached hydrogens (primary N) is 2. The number of fused-ring (bicyclic) bond motifs is 2. The van der Waals surface area contributed by atoms with Gasteiger partial charge in [0.25, 0.3) is 5.91 Å². The minimum atomic E-state index is -0.754. The van der Waals surface area contributed by atoms with E-state index in [-0.39, 0.29) is 41.1 Å². The van der Waals surface area contributed by atoms with Crippen LogP contribution in [-0.2, 0) is 22.7 Å². The van der Waals surface area contributed by atoms with Crippen LogP contribution in [0.3, 0.4) is 0 Å². The predicted octanol–water partition coefficient (Wildman–Crippen LogP) is 1.35. The van der Waals surface area contributed by atoms with Gasteiger partial charge in [-0.25, -0.2) is 9.37 Å². The number of amides is 3. The van der Waals surface area contributed by atoms with E-state index in [1.165, 1.54) is 12.1 Å². The molecule has 3 fully saturated rings. The van der Waals surface area contributed by atoms with Gasteiger partial charge in [-0.05, 0) is 49.2 Å². The zero-order valence-electron chi connectivity index (χ0n) is 29.9. The van der Waals surface area contributed by atoms with Crippen LogP contribution in [0.1, 0.15) is 53.4 Å². The number of rotatable bonds is 8. The number of piperazine rings is 1. The Labute approximate surface area is 311 Å². The lowest BCUT2D eigenvalue weighted by molar-refractivity contribution is -0.136. The van der Waals surface area contributed by atoms with Crippen molar-refractivity contribution < 1.29 is 28.6 Å². The van der Waals surface area contributed by atoms with E-state index in [0.717, 1.165) is 43.1 Å². The monoisotopic (exact) mass is 738 g/mol. The maximum atomic E-state index is 14.0. The van der Waals surface area contributed by atoms with Gasteiger partial charge in [-0.1, -0.05) is 12.1 Å². The van der Waals surface area contributed by atoms with Crippen LogP contribution in [0.5, 0.6) is 11.6 Å². The van der Waals surface area contributed by atoms with E-state index in [0.29, 0.717) is 62.0 Å². The van der Waals surface area contributed by atoms with Gasteiger partial charge < -0.3 is 41.3 Å². The van der Waals surface area contributed by atoms with Crippen LogP contribution < -0.4 is 31.7 Å². The number of hydrogen-bond donors (Lipinski definition) is 5. The molecule has 6 heterocycles. The van der Waals surface area contributed by atoms with Gasteiger partial charge in [-0.2, -0.15) is 0 Å². The maximum Gasteiger partial charge on any atom is 0.255 e. The number of phenols is 1. The normalized spacial score (nSPS) is 24.7. The number of halogens is 1. The number of ether oxygens (including phenoxy) is 1. The van der Waals surface area contributed by atoms with Crippen LogP contribution in [0.4, 0.5) is 10.1 Å². The Morgan fingerprint density at radius 3 is 2.70 bits per heavy atom. The Morgan fingerprint density at radius 1 is 1.13 bits per heavy atom. The molecular formula is C38H43FN10O5. The van der Waals surface area contributed by atoms with E-state index in [1.807, 2.05) is 18.2 Å². The minimum absolute atomic E-state index is 0.172. The number of para-hydroxylation sites is 1. The molecule has 3 saturated heterocycles. The molecule has 15 nitrogen and oxygen atoms in total. The van der Waals surface area contributed by atoms with Crippen molar-refractivity contribution in [2.45, 2.75) is 57.0 Å². The summed E-state index contributed by atoms with van der Waals surface area (Å²) in [5, 5.41) is 15.8. The molecule has 2 aromatic carbocycles. The standard InChI is InChI=1S/C38H43FN10O5/c1-38-15-25(20-49(38)31(35(41)44-21-38)14-29(40)26-3-2-4-28(39)34(26)51)54-33-17-42-23(16-43-33)19-46-9-11-47(12-10-46)24-6-5-22-18-48(37(53)27(22)13-24)30-7-8-32(50)45-36(30)52/h2-6,13-14,16-17,25,30,44,51H,7-12,15,18-21,40-41H2,1H3,(H,45,50,52)/b29-14-. The molecule has 3 atom stereocenters. The zero-order valence-corrected chi connectivity index (χ0v) is 29.9. The predicted molar refractivity (Wildman–Crippen MR) is 196 cm³/mol. The summed E-state index contributed by atoms with van der Waals surface area (Å²) in [6.07, 6.45) is 6.08. The number of nitrogens with one attached hydrogen (secondary N) is 2. The fourth-order valence-corrected chi connectivity index (χ4v) is 8.16. The number of carbonyl (C=O) groups excluding carboxylic acids is 3. The van der Waals surface area contributed by atoms with Crippen molar-refractivity contribution in [2.24, 2.45) is 11.5 Å². The largest absolute Gasteiger partial charge is 0.504 e. The molecule has 5 aliphatic rings. The fourth-order valence-electron chi connectivity index (χ4n) is 8.16. The topological polar surface area (TPSA) is 196 Å². The van der Waals surface area contributed by atoms with Crippen LogP contribution in [0, 0.1) is 5.82 Å². The molecule has 5 aliphatic heterocycles. The lowest BCUT2D eigenvalue weighted by Crippen LogP contribution is -2.53. The van der Waals surface area contributed by atoms with E-state index >= 15 is 0 Å². The number of phenolic OH excluding ortho intramolecular Hbond substituents is 1. The third-order valence-electron chi connectivity index (χ3n) is 11.1. The molecule has 54 heavy (non-hydrogen) atoms. The van der Waals surface area contributed by atoms with Gasteiger partial charge in [-0.3, -0.25) is 29.6 Å². The lowest BCUT2D eigenvalue weighted by Gasteiger charge is -2.42. The number of benzene rings is 2. The summed E-state index contributed by atoms with van der Waals surface area (Å²) in [6, 6.07) is 9.50. The summed E-state index contributed by atoms with van der Waals surface area (Å²) in [4.78, 5) is 54.8. The molecular weight excluding hydrogens is 695 g/mol. The van der Waals surface area contributed by atoms with E-state index in [2.05, 4.69) is 42.2 Å². The van der Waals surface area contributed by atoms with E-state index in [4.69, 9.17) is 16.2 Å². The summed E-state index contributed by atoms with van der Waals surface area (Å²) < 4.78 is 20.3. The van der Waals surface area contributed by atoms with Crippen molar-refractivity contribution >= 4 is 29.1 Å². The van der Waals surface area contributed by atoms with E-state index < -0.39 is 23.5 Å². The number of aromatic hydroxyl groups is 1. The molecule has 1 aromatic heterocycles. The second kappa shape index (κ2) is 13.8. The van der Waals surface area contributed by atoms with Crippen molar-refractivity contribution in [3.8, 4) is 11.6 Å². The summed E-state index contributed by atoms with van der Waals surface area (Å²) in [5.41, 5.74) is 16.6. The first-order valence-corrected chi connectivity index (χ1v) is 18.1. The van der Waals surface area contributed by atoms with Gasteiger partial charge in [0.15, 0.2) is 11.6 Å². The smallest absolute Gasteiger partial charge is 0.255 e. The average molecular weight is 739 g/mol. The Bertz CT molecular complexity index is 2070. The highest BCUT2D eigenvalue weighted by atomic mass is 19.1. The molecule has 0 radical (unpaired) electrons. The Balaban J connectivity index is 0.847. The molecule has 0 aliphatic carbocycles. The van der Waals surface area contributed by atoms with Crippen LogP contribution in [0.2, 0.25) is 0 Å².